The van der Waals surface area contributed by atoms with Gasteiger partial charge in [0.25, 0.3) is 0 Å². The van der Waals surface area contributed by atoms with Gasteiger partial charge in [0.1, 0.15) is 0 Å². The van der Waals surface area contributed by atoms with Crippen LogP contribution in [0.25, 0.3) is 0 Å². The summed E-state index contributed by atoms with van der Waals surface area (Å²) in [6.07, 6.45) is 5.06. The van der Waals surface area contributed by atoms with E-state index in [0.29, 0.717) is 5.92 Å². The first-order valence-corrected chi connectivity index (χ1v) is 8.86. The molecule has 1 amide bonds. The van der Waals surface area contributed by atoms with Gasteiger partial charge in [-0.3, -0.25) is 14.8 Å². The third kappa shape index (κ3) is 2.73. The second kappa shape index (κ2) is 6.40. The number of amides is 1. The molecular formula is C19H24N4O. The highest BCUT2D eigenvalue weighted by Gasteiger charge is 2.33. The fraction of sp³-hybridized carbons (Fsp3) is 0.474. The van der Waals surface area contributed by atoms with Gasteiger partial charge in [-0.05, 0) is 50.4 Å². The van der Waals surface area contributed by atoms with Crippen molar-refractivity contribution in [3.63, 3.8) is 0 Å². The number of anilines is 1. The van der Waals surface area contributed by atoms with E-state index in [4.69, 9.17) is 0 Å². The van der Waals surface area contributed by atoms with Crippen LogP contribution in [0.2, 0.25) is 0 Å². The number of piperidine rings is 1. The Morgan fingerprint density at radius 3 is 3.00 bits per heavy atom. The summed E-state index contributed by atoms with van der Waals surface area (Å²) < 4.78 is 0. The average molecular weight is 324 g/mol. The molecule has 0 radical (unpaired) electrons. The molecule has 24 heavy (non-hydrogen) atoms. The fourth-order valence-electron chi connectivity index (χ4n) is 4.05. The number of rotatable bonds is 3. The fourth-order valence-corrected chi connectivity index (χ4v) is 4.05. The highest BCUT2D eigenvalue weighted by Crippen LogP contribution is 2.30. The Labute approximate surface area is 142 Å². The zero-order valence-electron chi connectivity index (χ0n) is 14.1. The van der Waals surface area contributed by atoms with Crippen molar-refractivity contribution in [2.75, 3.05) is 24.5 Å². The van der Waals surface area contributed by atoms with Crippen LogP contribution in [0.4, 0.5) is 5.69 Å². The molecule has 2 aliphatic rings. The molecule has 1 saturated heterocycles. The minimum absolute atomic E-state index is 0.0816. The van der Waals surface area contributed by atoms with Crippen molar-refractivity contribution in [3.05, 3.63) is 47.8 Å². The molecule has 0 saturated carbocycles. The van der Waals surface area contributed by atoms with Gasteiger partial charge in [0.2, 0.25) is 5.91 Å². The van der Waals surface area contributed by atoms with Crippen molar-refractivity contribution in [2.45, 2.75) is 38.1 Å². The van der Waals surface area contributed by atoms with E-state index in [9.17, 15) is 4.79 Å². The molecule has 0 aliphatic carbocycles. The molecule has 5 heteroatoms. The summed E-state index contributed by atoms with van der Waals surface area (Å²) in [6, 6.07) is 10.2. The molecule has 1 N–H and O–H groups in total. The first-order chi connectivity index (χ1) is 11.7. The second-order valence-corrected chi connectivity index (χ2v) is 6.89. The predicted octanol–water partition coefficient (Wildman–Crippen LogP) is 2.57. The van der Waals surface area contributed by atoms with Gasteiger partial charge in [-0.15, -0.1) is 0 Å². The number of hydrogen-bond acceptors (Lipinski definition) is 3. The van der Waals surface area contributed by atoms with E-state index >= 15 is 0 Å². The maximum Gasteiger partial charge on any atom is 0.244 e. The molecule has 0 spiro atoms. The lowest BCUT2D eigenvalue weighted by molar-refractivity contribution is -0.123. The smallest absolute Gasteiger partial charge is 0.244 e. The minimum Gasteiger partial charge on any atom is -0.310 e. The second-order valence-electron chi connectivity index (χ2n) is 6.89. The lowest BCUT2D eigenvalue weighted by atomic mass is 9.94. The molecule has 4 rings (SSSR count). The number of carbonyl (C=O) groups excluding carboxylic acids is 1. The molecule has 0 bridgehead atoms. The maximum absolute atomic E-state index is 13.1. The number of para-hydroxylation sites is 1. The summed E-state index contributed by atoms with van der Waals surface area (Å²) in [5.74, 6) is 0.674. The minimum atomic E-state index is -0.0816. The summed E-state index contributed by atoms with van der Waals surface area (Å²) in [6.45, 7) is 4.77. The van der Waals surface area contributed by atoms with Gasteiger partial charge >= 0.3 is 0 Å². The average Bonchev–Trinajstić information content (AvgIpc) is 3.30. The van der Waals surface area contributed by atoms with Crippen LogP contribution in [0.5, 0.6) is 0 Å². The van der Waals surface area contributed by atoms with Crippen molar-refractivity contribution in [1.29, 1.82) is 0 Å². The molecule has 1 aromatic heterocycles. The van der Waals surface area contributed by atoms with Crippen molar-refractivity contribution in [2.24, 2.45) is 0 Å². The molecule has 0 unspecified atom stereocenters. The number of aromatic amines is 1. The highest BCUT2D eigenvalue weighted by atomic mass is 16.2. The van der Waals surface area contributed by atoms with Gasteiger partial charge in [0.15, 0.2) is 0 Å². The van der Waals surface area contributed by atoms with E-state index in [2.05, 4.69) is 46.3 Å². The first-order valence-electron chi connectivity index (χ1n) is 8.86. The van der Waals surface area contributed by atoms with Crippen LogP contribution in [-0.2, 0) is 11.2 Å². The lowest BCUT2D eigenvalue weighted by Gasteiger charge is -2.37. The largest absolute Gasteiger partial charge is 0.310 e. The van der Waals surface area contributed by atoms with Crippen molar-refractivity contribution in [3.8, 4) is 0 Å². The summed E-state index contributed by atoms with van der Waals surface area (Å²) in [5.41, 5.74) is 3.56. The molecule has 5 nitrogen and oxygen atoms in total. The molecule has 3 heterocycles. The Morgan fingerprint density at radius 1 is 1.29 bits per heavy atom. The molecule has 2 aromatic rings. The standard InChI is InChI=1S/C19H24N4O/c1-14(19(24)23-12-9-15-5-2-3-7-18(15)23)22-11-4-6-16(13-22)17-8-10-20-21-17/h2-3,5,7-8,10,14,16H,4,6,9,11-13H2,1H3,(H,20,21)/t14-,16-/m0/s1. The van der Waals surface area contributed by atoms with Crippen LogP contribution < -0.4 is 4.90 Å². The summed E-state index contributed by atoms with van der Waals surface area (Å²) in [4.78, 5) is 17.4. The number of H-pyrrole nitrogens is 1. The molecular weight excluding hydrogens is 300 g/mol. The molecule has 1 aromatic carbocycles. The Kier molecular flexibility index (Phi) is 4.10. The number of likely N-dealkylation sites (tertiary alicyclic amines) is 1. The number of carbonyl (C=O) groups is 1. The van der Waals surface area contributed by atoms with Gasteiger partial charge in [-0.25, -0.2) is 0 Å². The molecule has 2 aliphatic heterocycles. The lowest BCUT2D eigenvalue weighted by Crippen LogP contribution is -2.49. The van der Waals surface area contributed by atoms with E-state index in [1.54, 1.807) is 0 Å². The quantitative estimate of drug-likeness (QED) is 0.944. The van der Waals surface area contributed by atoms with Crippen LogP contribution in [0.15, 0.2) is 36.5 Å². The number of hydrogen-bond donors (Lipinski definition) is 1. The number of benzene rings is 1. The van der Waals surface area contributed by atoms with E-state index in [1.807, 2.05) is 17.2 Å². The van der Waals surface area contributed by atoms with Crippen molar-refractivity contribution in [1.82, 2.24) is 15.1 Å². The van der Waals surface area contributed by atoms with Crippen LogP contribution in [0.1, 0.15) is 36.9 Å². The third-order valence-electron chi connectivity index (χ3n) is 5.47. The predicted molar refractivity (Wildman–Crippen MR) is 94.1 cm³/mol. The van der Waals surface area contributed by atoms with Crippen LogP contribution >= 0.6 is 0 Å². The topological polar surface area (TPSA) is 52.2 Å². The summed E-state index contributed by atoms with van der Waals surface area (Å²) in [5, 5.41) is 7.16. The normalized spacial score (nSPS) is 22.4. The zero-order chi connectivity index (χ0) is 16.5. The Hall–Kier alpha value is -2.14. The van der Waals surface area contributed by atoms with Crippen molar-refractivity contribution < 1.29 is 4.79 Å². The number of nitrogens with one attached hydrogen (secondary N) is 1. The molecule has 2 atom stereocenters. The van der Waals surface area contributed by atoms with Crippen LogP contribution in [0, 0.1) is 0 Å². The Morgan fingerprint density at radius 2 is 2.17 bits per heavy atom. The van der Waals surface area contributed by atoms with Gasteiger partial charge in [-0.1, -0.05) is 18.2 Å². The third-order valence-corrected chi connectivity index (χ3v) is 5.47. The van der Waals surface area contributed by atoms with Crippen LogP contribution in [-0.4, -0.2) is 46.7 Å². The first kappa shape index (κ1) is 15.4. The SMILES string of the molecule is C[C@@H](C(=O)N1CCc2ccccc21)N1CCC[C@H](c2ccn[nH]2)C1. The summed E-state index contributed by atoms with van der Waals surface area (Å²) >= 11 is 0. The number of fused-ring (bicyclic) bond motifs is 1. The monoisotopic (exact) mass is 324 g/mol. The van der Waals surface area contributed by atoms with E-state index in [1.165, 1.54) is 11.3 Å². The zero-order valence-corrected chi connectivity index (χ0v) is 14.1. The van der Waals surface area contributed by atoms with Gasteiger partial charge in [0.05, 0.1) is 6.04 Å². The molecule has 126 valence electrons. The van der Waals surface area contributed by atoms with Crippen LogP contribution in [0.3, 0.4) is 0 Å². The number of aromatic nitrogens is 2. The van der Waals surface area contributed by atoms with Gasteiger partial charge in [-0.2, -0.15) is 5.10 Å². The highest BCUT2D eigenvalue weighted by molar-refractivity contribution is 5.98. The molecule has 1 fully saturated rings. The van der Waals surface area contributed by atoms with Gasteiger partial charge < -0.3 is 4.90 Å². The number of nitrogens with zero attached hydrogens (tertiary/aromatic N) is 3. The Balaban J connectivity index is 1.47. The van der Waals surface area contributed by atoms with Crippen molar-refractivity contribution >= 4 is 11.6 Å². The van der Waals surface area contributed by atoms with E-state index < -0.39 is 0 Å². The maximum atomic E-state index is 13.1. The van der Waals surface area contributed by atoms with E-state index in [-0.39, 0.29) is 11.9 Å². The summed E-state index contributed by atoms with van der Waals surface area (Å²) in [7, 11) is 0. The van der Waals surface area contributed by atoms with E-state index in [0.717, 1.165) is 44.6 Å². The van der Waals surface area contributed by atoms with Gasteiger partial charge in [0, 0.05) is 36.6 Å². The Bertz CT molecular complexity index is 712.